The SMILES string of the molecule is COCc1cc(-c2ccc(S(=O)(=O)Nc3ccccc3Cl)nc2OC)cc2cnc(NC3CCC(NC(=O)OC(C)(C)C)CC3)nc12. The molecular formula is C33H39ClN6O6S. The molecule has 0 saturated heterocycles. The van der Waals surface area contributed by atoms with Gasteiger partial charge in [0.15, 0.2) is 5.03 Å². The fourth-order valence-corrected chi connectivity index (χ4v) is 6.70. The van der Waals surface area contributed by atoms with E-state index < -0.39 is 21.7 Å². The number of rotatable bonds is 10. The van der Waals surface area contributed by atoms with Gasteiger partial charge in [0.2, 0.25) is 11.8 Å². The van der Waals surface area contributed by atoms with Crippen molar-refractivity contribution in [1.29, 1.82) is 0 Å². The average molecular weight is 683 g/mol. The molecule has 1 amide bonds. The smallest absolute Gasteiger partial charge is 0.407 e. The number of pyridine rings is 1. The van der Waals surface area contributed by atoms with Crippen LogP contribution in [0.4, 0.5) is 16.4 Å². The Morgan fingerprint density at radius 3 is 2.40 bits per heavy atom. The Labute approximate surface area is 279 Å². The van der Waals surface area contributed by atoms with E-state index in [9.17, 15) is 13.2 Å². The number of amides is 1. The van der Waals surface area contributed by atoms with E-state index in [2.05, 4.69) is 25.3 Å². The first-order chi connectivity index (χ1) is 22.3. The number of aromatic nitrogens is 3. The van der Waals surface area contributed by atoms with E-state index in [1.54, 1.807) is 43.6 Å². The predicted octanol–water partition coefficient (Wildman–Crippen LogP) is 6.55. The summed E-state index contributed by atoms with van der Waals surface area (Å²) in [5.74, 6) is 0.636. The van der Waals surface area contributed by atoms with Gasteiger partial charge in [-0.2, -0.15) is 13.4 Å². The molecule has 0 atom stereocenters. The van der Waals surface area contributed by atoms with Crippen molar-refractivity contribution < 1.29 is 27.4 Å². The van der Waals surface area contributed by atoms with Gasteiger partial charge in [-0.25, -0.2) is 14.8 Å². The lowest BCUT2D eigenvalue weighted by Crippen LogP contribution is -2.42. The molecule has 3 N–H and O–H groups in total. The second-order valence-electron chi connectivity index (χ2n) is 12.3. The van der Waals surface area contributed by atoms with Gasteiger partial charge in [0.05, 0.1) is 29.9 Å². The van der Waals surface area contributed by atoms with Gasteiger partial charge in [0.25, 0.3) is 10.0 Å². The summed E-state index contributed by atoms with van der Waals surface area (Å²) < 4.78 is 45.1. The number of hydrogen-bond donors (Lipinski definition) is 3. The first-order valence-corrected chi connectivity index (χ1v) is 17.1. The third kappa shape index (κ3) is 8.59. The molecule has 2 heterocycles. The highest BCUT2D eigenvalue weighted by Gasteiger charge is 2.26. The second kappa shape index (κ2) is 14.3. The molecule has 1 fully saturated rings. The molecule has 250 valence electrons. The van der Waals surface area contributed by atoms with Crippen LogP contribution in [-0.2, 0) is 26.1 Å². The predicted molar refractivity (Wildman–Crippen MR) is 181 cm³/mol. The lowest BCUT2D eigenvalue weighted by atomic mass is 9.91. The van der Waals surface area contributed by atoms with Crippen LogP contribution in [0.2, 0.25) is 5.02 Å². The van der Waals surface area contributed by atoms with Crippen LogP contribution >= 0.6 is 11.6 Å². The molecule has 0 aliphatic heterocycles. The Hall–Kier alpha value is -4.20. The molecule has 5 rings (SSSR count). The summed E-state index contributed by atoms with van der Waals surface area (Å²) in [6, 6.07) is 13.7. The van der Waals surface area contributed by atoms with Crippen molar-refractivity contribution in [3.05, 3.63) is 65.3 Å². The van der Waals surface area contributed by atoms with E-state index in [-0.39, 0.29) is 40.3 Å². The van der Waals surface area contributed by atoms with Crippen molar-refractivity contribution in [2.45, 2.75) is 75.8 Å². The first-order valence-electron chi connectivity index (χ1n) is 15.2. The monoisotopic (exact) mass is 682 g/mol. The zero-order valence-electron chi connectivity index (χ0n) is 27.0. The van der Waals surface area contributed by atoms with Gasteiger partial charge >= 0.3 is 6.09 Å². The van der Waals surface area contributed by atoms with Crippen molar-refractivity contribution in [3.8, 4) is 17.0 Å². The number of para-hydroxylation sites is 1. The molecule has 1 saturated carbocycles. The number of nitrogens with one attached hydrogen (secondary N) is 3. The lowest BCUT2D eigenvalue weighted by Gasteiger charge is -2.30. The maximum Gasteiger partial charge on any atom is 0.407 e. The third-order valence-electron chi connectivity index (χ3n) is 7.58. The highest BCUT2D eigenvalue weighted by atomic mass is 35.5. The minimum Gasteiger partial charge on any atom is -0.481 e. The quantitative estimate of drug-likeness (QED) is 0.168. The van der Waals surface area contributed by atoms with Crippen molar-refractivity contribution >= 4 is 50.3 Å². The standard InChI is InChI=1S/C33H39ClN6O6S/c1-33(2,3)46-32(41)37-24-12-10-23(11-13-24)36-31-35-18-21-16-20(17-22(19-44-4)29(21)39-31)25-14-15-28(38-30(25)45-5)47(42,43)40-27-9-7-6-8-26(27)34/h6-9,14-18,23-24,40H,10-13,19H2,1-5H3,(H,37,41)(H,35,36,39). The van der Waals surface area contributed by atoms with Crippen LogP contribution in [-0.4, -0.2) is 61.4 Å². The maximum atomic E-state index is 13.1. The molecule has 2 aromatic heterocycles. The van der Waals surface area contributed by atoms with Crippen LogP contribution < -0.4 is 20.1 Å². The normalized spacial score (nSPS) is 16.8. The minimum atomic E-state index is -4.05. The van der Waals surface area contributed by atoms with Crippen molar-refractivity contribution in [2.75, 3.05) is 24.3 Å². The number of hydrogen-bond acceptors (Lipinski definition) is 10. The summed E-state index contributed by atoms with van der Waals surface area (Å²) in [6.45, 7) is 5.82. The number of sulfonamides is 1. The van der Waals surface area contributed by atoms with Crippen molar-refractivity contribution in [1.82, 2.24) is 20.3 Å². The summed E-state index contributed by atoms with van der Waals surface area (Å²) in [5.41, 5.74) is 2.57. The molecule has 12 nitrogen and oxygen atoms in total. The highest BCUT2D eigenvalue weighted by Crippen LogP contribution is 2.34. The fraction of sp³-hybridized carbons (Fsp3) is 0.394. The number of fused-ring (bicyclic) bond motifs is 1. The third-order valence-corrected chi connectivity index (χ3v) is 9.17. The number of carbonyl (C=O) groups excluding carboxylic acids is 1. The molecule has 0 spiro atoms. The van der Waals surface area contributed by atoms with E-state index in [0.29, 0.717) is 11.5 Å². The van der Waals surface area contributed by atoms with Crippen LogP contribution in [0.25, 0.3) is 22.0 Å². The number of ether oxygens (including phenoxy) is 3. The number of nitrogens with zero attached hydrogens (tertiary/aromatic N) is 3. The molecule has 1 aliphatic rings. The van der Waals surface area contributed by atoms with E-state index in [1.807, 2.05) is 32.9 Å². The van der Waals surface area contributed by atoms with Crippen LogP contribution in [0.5, 0.6) is 5.88 Å². The number of methoxy groups -OCH3 is 2. The molecular weight excluding hydrogens is 644 g/mol. The van der Waals surface area contributed by atoms with Crippen LogP contribution in [0.1, 0.15) is 52.0 Å². The van der Waals surface area contributed by atoms with Gasteiger partial charge in [0.1, 0.15) is 5.60 Å². The van der Waals surface area contributed by atoms with E-state index in [0.717, 1.165) is 47.7 Å². The largest absolute Gasteiger partial charge is 0.481 e. The molecule has 14 heteroatoms. The van der Waals surface area contributed by atoms with E-state index >= 15 is 0 Å². The van der Waals surface area contributed by atoms with Crippen LogP contribution in [0.15, 0.2) is 59.8 Å². The number of anilines is 2. The van der Waals surface area contributed by atoms with E-state index in [1.165, 1.54) is 13.2 Å². The number of benzene rings is 2. The molecule has 1 aliphatic carbocycles. The number of carbonyl (C=O) groups is 1. The Morgan fingerprint density at radius 2 is 1.72 bits per heavy atom. The summed E-state index contributed by atoms with van der Waals surface area (Å²) >= 11 is 6.15. The Bertz CT molecular complexity index is 1860. The summed E-state index contributed by atoms with van der Waals surface area (Å²) in [4.78, 5) is 25.9. The zero-order chi connectivity index (χ0) is 33.8. The Kier molecular flexibility index (Phi) is 10.4. The molecule has 4 aromatic rings. The second-order valence-corrected chi connectivity index (χ2v) is 14.4. The van der Waals surface area contributed by atoms with Crippen molar-refractivity contribution in [3.63, 3.8) is 0 Å². The van der Waals surface area contributed by atoms with Gasteiger partial charge in [-0.15, -0.1) is 0 Å². The summed E-state index contributed by atoms with van der Waals surface area (Å²) in [7, 11) is -1.01. The van der Waals surface area contributed by atoms with Gasteiger partial charge in [-0.3, -0.25) is 4.72 Å². The van der Waals surface area contributed by atoms with Gasteiger partial charge in [-0.05, 0) is 88.4 Å². The van der Waals surface area contributed by atoms with Crippen LogP contribution in [0, 0.1) is 0 Å². The van der Waals surface area contributed by atoms with Gasteiger partial charge in [-0.1, -0.05) is 23.7 Å². The van der Waals surface area contributed by atoms with Gasteiger partial charge < -0.3 is 24.8 Å². The molecule has 0 bridgehead atoms. The summed E-state index contributed by atoms with van der Waals surface area (Å²) in [5, 5.41) is 7.24. The van der Waals surface area contributed by atoms with Crippen molar-refractivity contribution in [2.24, 2.45) is 0 Å². The van der Waals surface area contributed by atoms with E-state index in [4.69, 9.17) is 30.8 Å². The summed E-state index contributed by atoms with van der Waals surface area (Å²) in [6.07, 6.45) is 4.67. The average Bonchev–Trinajstić information content (AvgIpc) is 3.02. The highest BCUT2D eigenvalue weighted by molar-refractivity contribution is 7.92. The maximum absolute atomic E-state index is 13.1. The van der Waals surface area contributed by atoms with Gasteiger partial charge in [0, 0.05) is 41.9 Å². The fourth-order valence-electron chi connectivity index (χ4n) is 5.44. The number of alkyl carbamates (subject to hydrolysis) is 1. The molecule has 2 aromatic carbocycles. The molecule has 47 heavy (non-hydrogen) atoms. The Morgan fingerprint density at radius 1 is 1.00 bits per heavy atom. The zero-order valence-corrected chi connectivity index (χ0v) is 28.5. The minimum absolute atomic E-state index is 0.0615. The Balaban J connectivity index is 1.34. The van der Waals surface area contributed by atoms with Crippen LogP contribution in [0.3, 0.4) is 0 Å². The first kappa shape index (κ1) is 34.1. The molecule has 0 radical (unpaired) electrons. The molecule has 0 unspecified atom stereocenters. The number of halogens is 1. The topological polar surface area (TPSA) is 154 Å². The lowest BCUT2D eigenvalue weighted by molar-refractivity contribution is 0.0492.